The highest BCUT2D eigenvalue weighted by Crippen LogP contribution is 2.22. The summed E-state index contributed by atoms with van der Waals surface area (Å²) in [6.45, 7) is 3.78. The Bertz CT molecular complexity index is 1120. The molecule has 0 saturated heterocycles. The number of nitrogens with one attached hydrogen (secondary N) is 2. The van der Waals surface area contributed by atoms with Crippen LogP contribution in [0.15, 0.2) is 71.6 Å². The average molecular weight is 410 g/mol. The van der Waals surface area contributed by atoms with Crippen molar-refractivity contribution < 1.29 is 17.9 Å². The van der Waals surface area contributed by atoms with Crippen LogP contribution >= 0.6 is 0 Å². The summed E-state index contributed by atoms with van der Waals surface area (Å²) in [6.07, 6.45) is 0. The van der Waals surface area contributed by atoms with Crippen LogP contribution in [0.25, 0.3) is 0 Å². The van der Waals surface area contributed by atoms with Gasteiger partial charge in [-0.1, -0.05) is 12.1 Å². The number of amides is 1. The molecular formula is C22H22N2O4S. The number of anilines is 2. The summed E-state index contributed by atoms with van der Waals surface area (Å²) in [7, 11) is -2.19. The Labute approximate surface area is 170 Å². The van der Waals surface area contributed by atoms with Gasteiger partial charge in [-0.05, 0) is 79.6 Å². The molecule has 1 amide bonds. The molecule has 3 aromatic rings. The molecule has 0 bridgehead atoms. The molecule has 0 aliphatic heterocycles. The van der Waals surface area contributed by atoms with Gasteiger partial charge in [0, 0.05) is 11.3 Å². The second kappa shape index (κ2) is 8.36. The SMILES string of the molecule is COc1ccc(NC(=O)c2ccc(S(=O)(=O)Nc3cccc(C)c3C)cc2)cc1. The van der Waals surface area contributed by atoms with E-state index in [2.05, 4.69) is 10.0 Å². The third-order valence-corrected chi connectivity index (χ3v) is 6.01. The van der Waals surface area contributed by atoms with Crippen LogP contribution in [0.2, 0.25) is 0 Å². The summed E-state index contributed by atoms with van der Waals surface area (Å²) in [6, 6.07) is 18.2. The number of hydrogen-bond donors (Lipinski definition) is 2. The highest BCUT2D eigenvalue weighted by molar-refractivity contribution is 7.92. The van der Waals surface area contributed by atoms with Crippen molar-refractivity contribution in [1.82, 2.24) is 0 Å². The third kappa shape index (κ3) is 4.75. The molecule has 0 radical (unpaired) electrons. The van der Waals surface area contributed by atoms with Crippen molar-refractivity contribution in [3.05, 3.63) is 83.4 Å². The summed E-state index contributed by atoms with van der Waals surface area (Å²) in [5.41, 5.74) is 3.37. The third-order valence-electron chi connectivity index (χ3n) is 4.62. The van der Waals surface area contributed by atoms with Gasteiger partial charge >= 0.3 is 0 Å². The normalized spacial score (nSPS) is 11.0. The molecule has 0 spiro atoms. The van der Waals surface area contributed by atoms with E-state index in [9.17, 15) is 13.2 Å². The zero-order valence-electron chi connectivity index (χ0n) is 16.4. The van der Waals surface area contributed by atoms with Crippen molar-refractivity contribution in [3.8, 4) is 5.75 Å². The molecule has 0 fully saturated rings. The average Bonchev–Trinajstić information content (AvgIpc) is 2.72. The van der Waals surface area contributed by atoms with Crippen molar-refractivity contribution in [2.24, 2.45) is 0 Å². The summed E-state index contributed by atoms with van der Waals surface area (Å²) in [5, 5.41) is 2.76. The van der Waals surface area contributed by atoms with E-state index in [1.165, 1.54) is 24.3 Å². The van der Waals surface area contributed by atoms with E-state index in [-0.39, 0.29) is 10.8 Å². The van der Waals surface area contributed by atoms with Crippen LogP contribution in [0.5, 0.6) is 5.75 Å². The van der Waals surface area contributed by atoms with E-state index in [0.29, 0.717) is 22.7 Å². The van der Waals surface area contributed by atoms with Crippen LogP contribution < -0.4 is 14.8 Å². The summed E-state index contributed by atoms with van der Waals surface area (Å²) < 4.78 is 33.0. The lowest BCUT2D eigenvalue weighted by atomic mass is 10.1. The molecule has 0 aromatic heterocycles. The number of rotatable bonds is 6. The molecule has 0 aliphatic rings. The van der Waals surface area contributed by atoms with Gasteiger partial charge in [-0.2, -0.15) is 0 Å². The van der Waals surface area contributed by atoms with E-state index < -0.39 is 10.0 Å². The maximum absolute atomic E-state index is 12.7. The Balaban J connectivity index is 1.74. The van der Waals surface area contributed by atoms with E-state index in [0.717, 1.165) is 11.1 Å². The van der Waals surface area contributed by atoms with Crippen molar-refractivity contribution in [3.63, 3.8) is 0 Å². The van der Waals surface area contributed by atoms with Gasteiger partial charge in [0.15, 0.2) is 0 Å². The molecule has 0 aliphatic carbocycles. The van der Waals surface area contributed by atoms with Crippen molar-refractivity contribution in [2.75, 3.05) is 17.1 Å². The van der Waals surface area contributed by atoms with Gasteiger partial charge in [0.1, 0.15) is 5.75 Å². The molecule has 0 atom stereocenters. The number of methoxy groups -OCH3 is 1. The van der Waals surface area contributed by atoms with Crippen molar-refractivity contribution >= 4 is 27.3 Å². The second-order valence-corrected chi connectivity index (χ2v) is 8.24. The molecule has 3 aromatic carbocycles. The lowest BCUT2D eigenvalue weighted by Gasteiger charge is -2.12. The Morgan fingerprint density at radius 1 is 0.897 bits per heavy atom. The van der Waals surface area contributed by atoms with Crippen LogP contribution in [-0.4, -0.2) is 21.4 Å². The van der Waals surface area contributed by atoms with Gasteiger partial charge in [0.05, 0.1) is 17.7 Å². The number of aryl methyl sites for hydroxylation is 1. The Morgan fingerprint density at radius 2 is 1.55 bits per heavy atom. The van der Waals surface area contributed by atoms with Gasteiger partial charge < -0.3 is 10.1 Å². The number of hydrogen-bond acceptors (Lipinski definition) is 4. The Hall–Kier alpha value is -3.32. The lowest BCUT2D eigenvalue weighted by Crippen LogP contribution is -2.15. The monoisotopic (exact) mass is 410 g/mol. The molecule has 7 heteroatoms. The number of sulfonamides is 1. The molecule has 0 saturated carbocycles. The predicted octanol–water partition coefficient (Wildman–Crippen LogP) is 4.37. The van der Waals surface area contributed by atoms with Crippen LogP contribution in [0.3, 0.4) is 0 Å². The first-order chi connectivity index (χ1) is 13.8. The maximum atomic E-state index is 12.7. The van der Waals surface area contributed by atoms with Gasteiger partial charge in [0.2, 0.25) is 0 Å². The van der Waals surface area contributed by atoms with Crippen molar-refractivity contribution in [1.29, 1.82) is 0 Å². The molecular weight excluding hydrogens is 388 g/mol. The first-order valence-electron chi connectivity index (χ1n) is 8.94. The highest BCUT2D eigenvalue weighted by Gasteiger charge is 2.16. The fraction of sp³-hybridized carbons (Fsp3) is 0.136. The van der Waals surface area contributed by atoms with Crippen LogP contribution in [0, 0.1) is 13.8 Å². The first-order valence-corrected chi connectivity index (χ1v) is 10.4. The molecule has 2 N–H and O–H groups in total. The van der Waals surface area contributed by atoms with Gasteiger partial charge in [-0.25, -0.2) is 8.42 Å². The zero-order chi connectivity index (χ0) is 21.0. The topological polar surface area (TPSA) is 84.5 Å². The van der Waals surface area contributed by atoms with Gasteiger partial charge in [-0.3, -0.25) is 9.52 Å². The summed E-state index contributed by atoms with van der Waals surface area (Å²) in [5.74, 6) is 0.357. The largest absolute Gasteiger partial charge is 0.497 e. The van der Waals surface area contributed by atoms with E-state index in [1.54, 1.807) is 43.5 Å². The molecule has 29 heavy (non-hydrogen) atoms. The zero-order valence-corrected chi connectivity index (χ0v) is 17.2. The molecule has 6 nitrogen and oxygen atoms in total. The predicted molar refractivity (Wildman–Crippen MR) is 114 cm³/mol. The van der Waals surface area contributed by atoms with E-state index >= 15 is 0 Å². The summed E-state index contributed by atoms with van der Waals surface area (Å²) in [4.78, 5) is 12.5. The van der Waals surface area contributed by atoms with E-state index in [1.807, 2.05) is 19.9 Å². The number of ether oxygens (including phenoxy) is 1. The van der Waals surface area contributed by atoms with Gasteiger partial charge in [0.25, 0.3) is 15.9 Å². The molecule has 3 rings (SSSR count). The second-order valence-electron chi connectivity index (χ2n) is 6.56. The van der Waals surface area contributed by atoms with Gasteiger partial charge in [-0.15, -0.1) is 0 Å². The minimum absolute atomic E-state index is 0.0828. The summed E-state index contributed by atoms with van der Waals surface area (Å²) >= 11 is 0. The fourth-order valence-electron chi connectivity index (χ4n) is 2.73. The fourth-order valence-corrected chi connectivity index (χ4v) is 3.85. The maximum Gasteiger partial charge on any atom is 0.261 e. The number of carbonyl (C=O) groups excluding carboxylic acids is 1. The lowest BCUT2D eigenvalue weighted by molar-refractivity contribution is 0.102. The number of benzene rings is 3. The molecule has 0 unspecified atom stereocenters. The minimum Gasteiger partial charge on any atom is -0.497 e. The minimum atomic E-state index is -3.76. The Kier molecular flexibility index (Phi) is 5.89. The van der Waals surface area contributed by atoms with Crippen LogP contribution in [-0.2, 0) is 10.0 Å². The van der Waals surface area contributed by atoms with Crippen LogP contribution in [0.1, 0.15) is 21.5 Å². The number of carbonyl (C=O) groups is 1. The molecule has 0 heterocycles. The first kappa shape index (κ1) is 20.4. The van der Waals surface area contributed by atoms with Crippen molar-refractivity contribution in [2.45, 2.75) is 18.7 Å². The van der Waals surface area contributed by atoms with Crippen LogP contribution in [0.4, 0.5) is 11.4 Å². The quantitative estimate of drug-likeness (QED) is 0.632. The van der Waals surface area contributed by atoms with E-state index in [4.69, 9.17) is 4.74 Å². The highest BCUT2D eigenvalue weighted by atomic mass is 32.2. The molecule has 150 valence electrons. The Morgan fingerprint density at radius 3 is 2.17 bits per heavy atom. The standard InChI is InChI=1S/C22H22N2O4S/c1-15-5-4-6-21(16(15)2)24-29(26,27)20-13-7-17(8-14-20)22(25)23-18-9-11-19(28-3)12-10-18/h4-14,24H,1-3H3,(H,23,25). The smallest absolute Gasteiger partial charge is 0.261 e.